The van der Waals surface area contributed by atoms with Crippen molar-refractivity contribution < 1.29 is 13.2 Å². The fourth-order valence-corrected chi connectivity index (χ4v) is 5.85. The van der Waals surface area contributed by atoms with E-state index in [0.29, 0.717) is 23.5 Å². The Bertz CT molecular complexity index is 745. The highest BCUT2D eigenvalue weighted by Gasteiger charge is 2.29. The molecule has 150 valence electrons. The molecule has 0 saturated carbocycles. The van der Waals surface area contributed by atoms with Gasteiger partial charge in [0.15, 0.2) is 0 Å². The van der Waals surface area contributed by atoms with Gasteiger partial charge in [-0.05, 0) is 50.2 Å². The van der Waals surface area contributed by atoms with Crippen molar-refractivity contribution in [3.8, 4) is 0 Å². The molecule has 6 nitrogen and oxygen atoms in total. The molecule has 2 aliphatic heterocycles. The average molecular weight is 394 g/mol. The number of urea groups is 1. The molecule has 0 bridgehead atoms. The van der Waals surface area contributed by atoms with Crippen LogP contribution in [-0.4, -0.2) is 49.3 Å². The fraction of sp³-hybridized carbons (Fsp3) is 0.650. The lowest BCUT2D eigenvalue weighted by Crippen LogP contribution is -2.48. The molecule has 1 unspecified atom stereocenters. The first-order valence-electron chi connectivity index (χ1n) is 10.2. The molecule has 0 radical (unpaired) electrons. The summed E-state index contributed by atoms with van der Waals surface area (Å²) < 4.78 is 27.7. The highest BCUT2D eigenvalue weighted by molar-refractivity contribution is 7.89. The van der Waals surface area contributed by atoms with Gasteiger partial charge in [-0.2, -0.15) is 4.31 Å². The van der Waals surface area contributed by atoms with E-state index in [2.05, 4.69) is 12.2 Å². The van der Waals surface area contributed by atoms with Crippen molar-refractivity contribution in [3.05, 3.63) is 29.8 Å². The number of hydrogen-bond acceptors (Lipinski definition) is 3. The first-order chi connectivity index (χ1) is 13.0. The van der Waals surface area contributed by atoms with Gasteiger partial charge in [0, 0.05) is 32.2 Å². The van der Waals surface area contributed by atoms with Crippen molar-refractivity contribution in [2.24, 2.45) is 0 Å². The lowest BCUT2D eigenvalue weighted by atomic mass is 10.0. The quantitative estimate of drug-likeness (QED) is 0.834. The molecule has 0 spiro atoms. The van der Waals surface area contributed by atoms with Crippen LogP contribution >= 0.6 is 0 Å². The molecule has 2 fully saturated rings. The molecule has 2 aliphatic rings. The monoisotopic (exact) mass is 393 g/mol. The van der Waals surface area contributed by atoms with E-state index in [4.69, 9.17) is 0 Å². The Hall–Kier alpha value is -1.60. The molecule has 2 amide bonds. The maximum Gasteiger partial charge on any atom is 0.317 e. The van der Waals surface area contributed by atoms with Gasteiger partial charge in [-0.25, -0.2) is 13.2 Å². The number of nitrogens with zero attached hydrogens (tertiary/aromatic N) is 2. The van der Waals surface area contributed by atoms with Crippen LogP contribution in [0.5, 0.6) is 0 Å². The van der Waals surface area contributed by atoms with Crippen LogP contribution < -0.4 is 5.32 Å². The molecule has 2 saturated heterocycles. The third-order valence-corrected chi connectivity index (χ3v) is 7.69. The lowest BCUT2D eigenvalue weighted by Gasteiger charge is -2.35. The summed E-state index contributed by atoms with van der Waals surface area (Å²) >= 11 is 0. The number of sulfonamides is 1. The fourth-order valence-electron chi connectivity index (χ4n) is 4.11. The van der Waals surface area contributed by atoms with E-state index >= 15 is 0 Å². The first kappa shape index (κ1) is 20.1. The average Bonchev–Trinajstić information content (AvgIpc) is 2.72. The first-order valence-corrected chi connectivity index (χ1v) is 11.6. The smallest absolute Gasteiger partial charge is 0.317 e. The van der Waals surface area contributed by atoms with Gasteiger partial charge in [-0.1, -0.05) is 31.5 Å². The van der Waals surface area contributed by atoms with Crippen molar-refractivity contribution in [1.82, 2.24) is 14.5 Å². The van der Waals surface area contributed by atoms with Crippen LogP contribution in [0.3, 0.4) is 0 Å². The van der Waals surface area contributed by atoms with Gasteiger partial charge in [0.25, 0.3) is 0 Å². The number of piperidine rings is 2. The van der Waals surface area contributed by atoms with Crippen LogP contribution in [0.4, 0.5) is 4.79 Å². The van der Waals surface area contributed by atoms with Crippen LogP contribution in [0.15, 0.2) is 29.2 Å². The van der Waals surface area contributed by atoms with Gasteiger partial charge >= 0.3 is 6.03 Å². The summed E-state index contributed by atoms with van der Waals surface area (Å²) in [6.45, 7) is 4.27. The predicted octanol–water partition coefficient (Wildman–Crippen LogP) is 3.34. The third-order valence-electron chi connectivity index (χ3n) is 5.69. The molecule has 7 heteroatoms. The Morgan fingerprint density at radius 1 is 1.07 bits per heavy atom. The van der Waals surface area contributed by atoms with Gasteiger partial charge in [0.2, 0.25) is 10.0 Å². The van der Waals surface area contributed by atoms with Crippen LogP contribution in [0, 0.1) is 0 Å². The van der Waals surface area contributed by atoms with Crippen molar-refractivity contribution in [3.63, 3.8) is 0 Å². The predicted molar refractivity (Wildman–Crippen MR) is 106 cm³/mol. The van der Waals surface area contributed by atoms with E-state index in [1.54, 1.807) is 22.5 Å². The molecular formula is C20H31N3O3S. The highest BCUT2D eigenvalue weighted by atomic mass is 32.2. The molecule has 1 atom stereocenters. The second kappa shape index (κ2) is 9.06. The Morgan fingerprint density at radius 3 is 2.52 bits per heavy atom. The summed E-state index contributed by atoms with van der Waals surface area (Å²) in [6.07, 6.45) is 7.09. The molecule has 2 heterocycles. The zero-order chi connectivity index (χ0) is 19.3. The van der Waals surface area contributed by atoms with E-state index in [-0.39, 0.29) is 18.6 Å². The minimum atomic E-state index is -3.51. The SMILES string of the molecule is CCC1CCCCN1C(=O)NCc1ccccc1S(=O)(=O)N1CCCCC1. The zero-order valence-electron chi connectivity index (χ0n) is 16.2. The van der Waals surface area contributed by atoms with E-state index in [9.17, 15) is 13.2 Å². The number of carbonyl (C=O) groups is 1. The van der Waals surface area contributed by atoms with Crippen molar-refractivity contribution in [2.75, 3.05) is 19.6 Å². The summed E-state index contributed by atoms with van der Waals surface area (Å²) in [4.78, 5) is 14.9. The second-order valence-corrected chi connectivity index (χ2v) is 9.39. The number of benzene rings is 1. The van der Waals surface area contributed by atoms with E-state index in [1.165, 1.54) is 6.42 Å². The van der Waals surface area contributed by atoms with Gasteiger partial charge in [0.1, 0.15) is 0 Å². The molecule has 1 aromatic carbocycles. The van der Waals surface area contributed by atoms with Crippen LogP contribution in [0.2, 0.25) is 0 Å². The van der Waals surface area contributed by atoms with E-state index < -0.39 is 10.0 Å². The summed E-state index contributed by atoms with van der Waals surface area (Å²) in [6, 6.07) is 7.22. The van der Waals surface area contributed by atoms with Crippen molar-refractivity contribution in [2.45, 2.75) is 69.4 Å². The molecular weight excluding hydrogens is 362 g/mol. The number of likely N-dealkylation sites (tertiary alicyclic amines) is 1. The summed E-state index contributed by atoms with van der Waals surface area (Å²) in [5.41, 5.74) is 0.654. The number of amides is 2. The van der Waals surface area contributed by atoms with Crippen LogP contribution in [0.25, 0.3) is 0 Å². The normalized spacial score (nSPS) is 21.8. The molecule has 1 aromatic rings. The molecule has 27 heavy (non-hydrogen) atoms. The summed E-state index contributed by atoms with van der Waals surface area (Å²) in [7, 11) is -3.51. The van der Waals surface area contributed by atoms with E-state index in [1.807, 2.05) is 11.0 Å². The standard InChI is InChI=1S/C20H31N3O3S/c1-2-18-11-6-9-15-23(18)20(24)21-16-17-10-4-5-12-19(17)27(25,26)22-13-7-3-8-14-22/h4-5,10,12,18H,2-3,6-9,11,13-16H2,1H3,(H,21,24). The van der Waals surface area contributed by atoms with Gasteiger partial charge in [-0.3, -0.25) is 0 Å². The minimum Gasteiger partial charge on any atom is -0.334 e. The van der Waals surface area contributed by atoms with Crippen LogP contribution in [0.1, 0.15) is 57.4 Å². The van der Waals surface area contributed by atoms with Gasteiger partial charge in [0.05, 0.1) is 4.90 Å². The lowest BCUT2D eigenvalue weighted by molar-refractivity contribution is 0.148. The highest BCUT2D eigenvalue weighted by Crippen LogP contribution is 2.24. The Morgan fingerprint density at radius 2 is 1.78 bits per heavy atom. The molecule has 3 rings (SSSR count). The van der Waals surface area contributed by atoms with Gasteiger partial charge < -0.3 is 10.2 Å². The van der Waals surface area contributed by atoms with Crippen molar-refractivity contribution in [1.29, 1.82) is 0 Å². The molecule has 0 aliphatic carbocycles. The number of carbonyl (C=O) groups excluding carboxylic acids is 1. The summed E-state index contributed by atoms with van der Waals surface area (Å²) in [5, 5.41) is 2.95. The third kappa shape index (κ3) is 4.63. The minimum absolute atomic E-state index is 0.0910. The maximum absolute atomic E-state index is 13.1. The number of nitrogens with one attached hydrogen (secondary N) is 1. The van der Waals surface area contributed by atoms with Gasteiger partial charge in [-0.15, -0.1) is 0 Å². The summed E-state index contributed by atoms with van der Waals surface area (Å²) in [5.74, 6) is 0. The van der Waals surface area contributed by atoms with E-state index in [0.717, 1.165) is 45.1 Å². The second-order valence-electron chi connectivity index (χ2n) is 7.48. The number of hydrogen-bond donors (Lipinski definition) is 1. The number of rotatable bonds is 5. The Balaban J connectivity index is 1.71. The maximum atomic E-state index is 13.1. The zero-order valence-corrected chi connectivity index (χ0v) is 17.0. The van der Waals surface area contributed by atoms with Crippen molar-refractivity contribution >= 4 is 16.1 Å². The topological polar surface area (TPSA) is 69.7 Å². The van der Waals surface area contributed by atoms with Crippen LogP contribution in [-0.2, 0) is 16.6 Å². The Kier molecular flexibility index (Phi) is 6.76. The largest absolute Gasteiger partial charge is 0.334 e. The Labute approximate surface area is 163 Å². The molecule has 0 aromatic heterocycles. The molecule has 1 N–H and O–H groups in total.